The summed E-state index contributed by atoms with van der Waals surface area (Å²) in [5.41, 5.74) is 3.87. The van der Waals surface area contributed by atoms with Gasteiger partial charge in [0.05, 0.1) is 6.20 Å². The van der Waals surface area contributed by atoms with Gasteiger partial charge in [0.25, 0.3) is 0 Å². The van der Waals surface area contributed by atoms with E-state index in [9.17, 15) is 0 Å². The van der Waals surface area contributed by atoms with Crippen LogP contribution in [-0.2, 0) is 19.5 Å². The van der Waals surface area contributed by atoms with E-state index in [1.165, 1.54) is 11.1 Å². The van der Waals surface area contributed by atoms with Crippen LogP contribution in [0.5, 0.6) is 0 Å². The van der Waals surface area contributed by atoms with Gasteiger partial charge in [-0.25, -0.2) is 0 Å². The molecule has 1 aliphatic rings. The minimum absolute atomic E-state index is 0.663. The van der Waals surface area contributed by atoms with E-state index in [2.05, 4.69) is 49.7 Å². The highest BCUT2D eigenvalue weighted by molar-refractivity contribution is 6.30. The number of hydrogen-bond acceptors (Lipinski definition) is 5. The summed E-state index contributed by atoms with van der Waals surface area (Å²) in [7, 11) is 0. The number of halogens is 1. The topological polar surface area (TPSA) is 53.9 Å². The van der Waals surface area contributed by atoms with Crippen molar-refractivity contribution >= 4 is 23.4 Å². The smallest absolute Gasteiger partial charge is 0.247 e. The van der Waals surface area contributed by atoms with Gasteiger partial charge in [0.15, 0.2) is 5.82 Å². The molecule has 2 heterocycles. The van der Waals surface area contributed by atoms with Crippen LogP contribution < -0.4 is 10.2 Å². The number of rotatable bonds is 4. The van der Waals surface area contributed by atoms with Gasteiger partial charge in [-0.3, -0.25) is 0 Å². The van der Waals surface area contributed by atoms with Crippen LogP contribution in [0, 0.1) is 0 Å². The maximum atomic E-state index is 5.92. The fraction of sp³-hybridized carbons (Fsp3) is 0.211. The monoisotopic (exact) mass is 351 g/mol. The SMILES string of the molecule is Clc1ccc(CNc2cnnc(N3CCc4ccccc4C3)n2)cc1. The predicted octanol–water partition coefficient (Wildman–Crippen LogP) is 3.70. The number of nitrogens with zero attached hydrogens (tertiary/aromatic N) is 4. The molecular weight excluding hydrogens is 334 g/mol. The van der Waals surface area contributed by atoms with Crippen LogP contribution in [0.25, 0.3) is 0 Å². The Balaban J connectivity index is 1.45. The molecule has 1 aliphatic heterocycles. The van der Waals surface area contributed by atoms with E-state index in [0.29, 0.717) is 12.5 Å². The second-order valence-corrected chi connectivity index (χ2v) is 6.50. The Morgan fingerprint density at radius 1 is 1.04 bits per heavy atom. The van der Waals surface area contributed by atoms with E-state index in [1.807, 2.05) is 24.3 Å². The van der Waals surface area contributed by atoms with Crippen molar-refractivity contribution < 1.29 is 0 Å². The molecule has 0 saturated carbocycles. The number of nitrogens with one attached hydrogen (secondary N) is 1. The second-order valence-electron chi connectivity index (χ2n) is 6.06. The third kappa shape index (κ3) is 3.72. The van der Waals surface area contributed by atoms with Gasteiger partial charge in [-0.15, -0.1) is 5.10 Å². The first-order chi connectivity index (χ1) is 12.3. The second kappa shape index (κ2) is 7.07. The minimum Gasteiger partial charge on any atom is -0.365 e. The van der Waals surface area contributed by atoms with Gasteiger partial charge in [0.1, 0.15) is 0 Å². The quantitative estimate of drug-likeness (QED) is 0.776. The summed E-state index contributed by atoms with van der Waals surface area (Å²) >= 11 is 5.92. The maximum Gasteiger partial charge on any atom is 0.247 e. The van der Waals surface area contributed by atoms with Crippen molar-refractivity contribution in [3.05, 3.63) is 76.4 Å². The fourth-order valence-electron chi connectivity index (χ4n) is 2.97. The molecule has 4 rings (SSSR count). The fourth-order valence-corrected chi connectivity index (χ4v) is 3.10. The molecule has 0 radical (unpaired) electrons. The molecule has 0 unspecified atom stereocenters. The lowest BCUT2D eigenvalue weighted by Gasteiger charge is -2.28. The number of anilines is 2. The lowest BCUT2D eigenvalue weighted by Crippen LogP contribution is -2.32. The number of hydrogen-bond donors (Lipinski definition) is 1. The molecule has 6 heteroatoms. The molecule has 0 fully saturated rings. The maximum absolute atomic E-state index is 5.92. The molecule has 2 aromatic carbocycles. The van der Waals surface area contributed by atoms with E-state index < -0.39 is 0 Å². The minimum atomic E-state index is 0.663. The van der Waals surface area contributed by atoms with Crippen molar-refractivity contribution in [1.29, 1.82) is 0 Å². The van der Waals surface area contributed by atoms with Crippen LogP contribution in [0.1, 0.15) is 16.7 Å². The summed E-state index contributed by atoms with van der Waals surface area (Å²) in [4.78, 5) is 6.79. The summed E-state index contributed by atoms with van der Waals surface area (Å²) < 4.78 is 0. The molecular formula is C19H18ClN5. The molecule has 25 heavy (non-hydrogen) atoms. The molecule has 0 amide bonds. The van der Waals surface area contributed by atoms with Crippen LogP contribution in [0.3, 0.4) is 0 Å². The highest BCUT2D eigenvalue weighted by Crippen LogP contribution is 2.22. The average molecular weight is 352 g/mol. The Morgan fingerprint density at radius 2 is 1.84 bits per heavy atom. The Kier molecular flexibility index (Phi) is 4.48. The van der Waals surface area contributed by atoms with Crippen molar-refractivity contribution in [2.24, 2.45) is 0 Å². The van der Waals surface area contributed by atoms with E-state index in [-0.39, 0.29) is 0 Å². The predicted molar refractivity (Wildman–Crippen MR) is 99.8 cm³/mol. The van der Waals surface area contributed by atoms with Gasteiger partial charge in [-0.05, 0) is 35.2 Å². The lowest BCUT2D eigenvalue weighted by molar-refractivity contribution is 0.697. The van der Waals surface area contributed by atoms with E-state index in [4.69, 9.17) is 11.6 Å². The summed E-state index contributed by atoms with van der Waals surface area (Å²) in [6.07, 6.45) is 2.65. The van der Waals surface area contributed by atoms with Gasteiger partial charge >= 0.3 is 0 Å². The summed E-state index contributed by atoms with van der Waals surface area (Å²) in [6, 6.07) is 16.3. The van der Waals surface area contributed by atoms with E-state index in [1.54, 1.807) is 6.20 Å². The zero-order valence-corrected chi connectivity index (χ0v) is 14.4. The first kappa shape index (κ1) is 15.8. The Morgan fingerprint density at radius 3 is 2.68 bits per heavy atom. The zero-order valence-electron chi connectivity index (χ0n) is 13.7. The molecule has 1 N–H and O–H groups in total. The highest BCUT2D eigenvalue weighted by atomic mass is 35.5. The van der Waals surface area contributed by atoms with Crippen molar-refractivity contribution in [3.8, 4) is 0 Å². The Hall–Kier alpha value is -2.66. The van der Waals surface area contributed by atoms with Gasteiger partial charge in [0, 0.05) is 24.7 Å². The zero-order chi connectivity index (χ0) is 17.1. The van der Waals surface area contributed by atoms with Gasteiger partial charge in [0.2, 0.25) is 5.95 Å². The third-order valence-electron chi connectivity index (χ3n) is 4.35. The molecule has 0 aliphatic carbocycles. The molecule has 0 spiro atoms. The van der Waals surface area contributed by atoms with Crippen LogP contribution >= 0.6 is 11.6 Å². The number of benzene rings is 2. The molecule has 3 aromatic rings. The van der Waals surface area contributed by atoms with Crippen LogP contribution in [0.2, 0.25) is 5.02 Å². The Labute approximate surface area is 151 Å². The Bertz CT molecular complexity index is 866. The molecule has 0 atom stereocenters. The lowest BCUT2D eigenvalue weighted by atomic mass is 10.0. The van der Waals surface area contributed by atoms with Crippen LogP contribution in [0.15, 0.2) is 54.7 Å². The van der Waals surface area contributed by atoms with Crippen LogP contribution in [-0.4, -0.2) is 21.7 Å². The van der Waals surface area contributed by atoms with E-state index in [0.717, 1.165) is 35.9 Å². The third-order valence-corrected chi connectivity index (χ3v) is 4.60. The highest BCUT2D eigenvalue weighted by Gasteiger charge is 2.18. The molecule has 0 saturated heterocycles. The first-order valence-corrected chi connectivity index (χ1v) is 8.65. The normalized spacial score (nSPS) is 13.4. The van der Waals surface area contributed by atoms with Gasteiger partial charge in [-0.2, -0.15) is 10.1 Å². The summed E-state index contributed by atoms with van der Waals surface area (Å²) in [5.74, 6) is 1.38. The molecule has 0 bridgehead atoms. The molecule has 1 aromatic heterocycles. The summed E-state index contributed by atoms with van der Waals surface area (Å²) in [6.45, 7) is 2.38. The van der Waals surface area contributed by atoms with Crippen LogP contribution in [0.4, 0.5) is 11.8 Å². The number of fused-ring (bicyclic) bond motifs is 1. The first-order valence-electron chi connectivity index (χ1n) is 8.28. The summed E-state index contributed by atoms with van der Waals surface area (Å²) in [5, 5.41) is 12.3. The number of aromatic nitrogens is 3. The van der Waals surface area contributed by atoms with Crippen molar-refractivity contribution in [1.82, 2.24) is 15.2 Å². The largest absolute Gasteiger partial charge is 0.365 e. The molecule has 5 nitrogen and oxygen atoms in total. The van der Waals surface area contributed by atoms with Gasteiger partial charge in [-0.1, -0.05) is 48.0 Å². The van der Waals surface area contributed by atoms with Gasteiger partial charge < -0.3 is 10.2 Å². The van der Waals surface area contributed by atoms with Crippen molar-refractivity contribution in [3.63, 3.8) is 0 Å². The van der Waals surface area contributed by atoms with E-state index >= 15 is 0 Å². The standard InChI is InChI=1S/C19H18ClN5/c20-17-7-5-14(6-8-17)11-21-18-12-22-24-19(23-18)25-10-9-15-3-1-2-4-16(15)13-25/h1-8,12H,9-11,13H2,(H,21,23,24). The average Bonchev–Trinajstić information content (AvgIpc) is 2.67. The molecule has 126 valence electrons. The van der Waals surface area contributed by atoms with Crippen molar-refractivity contribution in [2.75, 3.05) is 16.8 Å². The van der Waals surface area contributed by atoms with Crippen molar-refractivity contribution in [2.45, 2.75) is 19.5 Å².